The Balaban J connectivity index is 1.26. The third kappa shape index (κ3) is 4.65. The molecule has 0 bridgehead atoms. The number of anilines is 1. The van der Waals surface area contributed by atoms with Crippen LogP contribution < -0.4 is 10.2 Å². The molecule has 1 unspecified atom stereocenters. The van der Waals surface area contributed by atoms with Gasteiger partial charge < -0.3 is 10.2 Å². The van der Waals surface area contributed by atoms with Crippen molar-refractivity contribution in [3.63, 3.8) is 0 Å². The second-order valence-electron chi connectivity index (χ2n) is 7.68. The zero-order valence-corrected chi connectivity index (χ0v) is 16.2. The molecule has 0 aromatic carbocycles. The van der Waals surface area contributed by atoms with Gasteiger partial charge in [-0.3, -0.25) is 14.7 Å². The van der Waals surface area contributed by atoms with Gasteiger partial charge in [-0.2, -0.15) is 0 Å². The monoisotopic (exact) mass is 380 g/mol. The van der Waals surface area contributed by atoms with E-state index >= 15 is 0 Å². The van der Waals surface area contributed by atoms with Crippen molar-refractivity contribution in [3.05, 3.63) is 48.5 Å². The molecule has 7 heteroatoms. The van der Waals surface area contributed by atoms with Crippen LogP contribution in [0, 0.1) is 5.92 Å². The Morgan fingerprint density at radius 1 is 1.07 bits per heavy atom. The SMILES string of the molecule is O=C(NCc1cccnc1)C1CCCN(C2CCN(c3ncccn3)CC2)C1. The molecule has 4 rings (SSSR count). The van der Waals surface area contributed by atoms with Crippen molar-refractivity contribution in [1.82, 2.24) is 25.2 Å². The van der Waals surface area contributed by atoms with Gasteiger partial charge in [-0.05, 0) is 49.9 Å². The number of carbonyl (C=O) groups is 1. The smallest absolute Gasteiger partial charge is 0.225 e. The zero-order chi connectivity index (χ0) is 19.2. The van der Waals surface area contributed by atoms with Gasteiger partial charge in [0, 0.05) is 57.0 Å². The molecule has 2 saturated heterocycles. The van der Waals surface area contributed by atoms with Crippen LogP contribution in [0.15, 0.2) is 43.0 Å². The molecule has 0 radical (unpaired) electrons. The van der Waals surface area contributed by atoms with E-state index in [0.29, 0.717) is 12.6 Å². The topological polar surface area (TPSA) is 74.2 Å². The van der Waals surface area contributed by atoms with Crippen LogP contribution in [0.5, 0.6) is 0 Å². The maximum atomic E-state index is 12.7. The molecule has 1 N–H and O–H groups in total. The molecular weight excluding hydrogens is 352 g/mol. The molecule has 7 nitrogen and oxygen atoms in total. The second kappa shape index (κ2) is 9.10. The summed E-state index contributed by atoms with van der Waals surface area (Å²) < 4.78 is 0. The summed E-state index contributed by atoms with van der Waals surface area (Å²) in [6, 6.07) is 6.29. The van der Waals surface area contributed by atoms with E-state index in [1.807, 2.05) is 18.2 Å². The lowest BCUT2D eigenvalue weighted by Crippen LogP contribution is -2.51. The number of hydrogen-bond donors (Lipinski definition) is 1. The van der Waals surface area contributed by atoms with Crippen molar-refractivity contribution in [2.24, 2.45) is 5.92 Å². The zero-order valence-electron chi connectivity index (χ0n) is 16.2. The third-order valence-electron chi connectivity index (χ3n) is 5.83. The molecular formula is C21H28N6O. The van der Waals surface area contributed by atoms with Crippen molar-refractivity contribution in [2.45, 2.75) is 38.3 Å². The number of likely N-dealkylation sites (tertiary alicyclic amines) is 1. The van der Waals surface area contributed by atoms with Crippen LogP contribution in [0.3, 0.4) is 0 Å². The maximum absolute atomic E-state index is 12.7. The van der Waals surface area contributed by atoms with Gasteiger partial charge in [0.1, 0.15) is 0 Å². The van der Waals surface area contributed by atoms with E-state index in [1.165, 1.54) is 0 Å². The summed E-state index contributed by atoms with van der Waals surface area (Å²) in [7, 11) is 0. The molecule has 0 saturated carbocycles. The predicted molar refractivity (Wildman–Crippen MR) is 108 cm³/mol. The Morgan fingerprint density at radius 2 is 1.89 bits per heavy atom. The highest BCUT2D eigenvalue weighted by Crippen LogP contribution is 2.25. The maximum Gasteiger partial charge on any atom is 0.225 e. The first-order chi connectivity index (χ1) is 13.8. The van der Waals surface area contributed by atoms with Gasteiger partial charge >= 0.3 is 0 Å². The molecule has 2 aromatic rings. The molecule has 2 fully saturated rings. The first kappa shape index (κ1) is 18.8. The number of carbonyl (C=O) groups excluding carboxylic acids is 1. The fourth-order valence-corrected chi connectivity index (χ4v) is 4.27. The van der Waals surface area contributed by atoms with Crippen molar-refractivity contribution in [1.29, 1.82) is 0 Å². The largest absolute Gasteiger partial charge is 0.352 e. The predicted octanol–water partition coefficient (Wildman–Crippen LogP) is 1.87. The minimum absolute atomic E-state index is 0.0842. The van der Waals surface area contributed by atoms with E-state index in [4.69, 9.17) is 0 Å². The Labute approximate surface area is 166 Å². The molecule has 0 aliphatic carbocycles. The lowest BCUT2D eigenvalue weighted by atomic mass is 9.93. The van der Waals surface area contributed by atoms with Crippen molar-refractivity contribution in [3.8, 4) is 0 Å². The number of aromatic nitrogens is 3. The fraction of sp³-hybridized carbons (Fsp3) is 0.524. The van der Waals surface area contributed by atoms with Crippen molar-refractivity contribution < 1.29 is 4.79 Å². The molecule has 148 valence electrons. The highest BCUT2D eigenvalue weighted by Gasteiger charge is 2.32. The fourth-order valence-electron chi connectivity index (χ4n) is 4.27. The number of hydrogen-bond acceptors (Lipinski definition) is 6. The van der Waals surface area contributed by atoms with Crippen LogP contribution in [-0.4, -0.2) is 58.0 Å². The Bertz CT molecular complexity index is 748. The quantitative estimate of drug-likeness (QED) is 0.854. The second-order valence-corrected chi connectivity index (χ2v) is 7.68. The number of amides is 1. The first-order valence-corrected chi connectivity index (χ1v) is 10.2. The van der Waals surface area contributed by atoms with Gasteiger partial charge in [-0.25, -0.2) is 9.97 Å². The Kier molecular flexibility index (Phi) is 6.11. The van der Waals surface area contributed by atoms with Crippen LogP contribution in [0.4, 0.5) is 5.95 Å². The highest BCUT2D eigenvalue weighted by atomic mass is 16.1. The number of rotatable bonds is 5. The molecule has 0 spiro atoms. The van der Waals surface area contributed by atoms with E-state index in [-0.39, 0.29) is 11.8 Å². The normalized spacial score (nSPS) is 21.4. The van der Waals surface area contributed by atoms with Gasteiger partial charge in [-0.15, -0.1) is 0 Å². The highest BCUT2D eigenvalue weighted by molar-refractivity contribution is 5.78. The van der Waals surface area contributed by atoms with Crippen LogP contribution in [0.25, 0.3) is 0 Å². The average Bonchev–Trinajstić information content (AvgIpc) is 2.79. The van der Waals surface area contributed by atoms with Crippen molar-refractivity contribution >= 4 is 11.9 Å². The van der Waals surface area contributed by atoms with E-state index in [1.54, 1.807) is 24.8 Å². The Hall–Kier alpha value is -2.54. The molecule has 1 amide bonds. The minimum Gasteiger partial charge on any atom is -0.352 e. The van der Waals surface area contributed by atoms with Gasteiger partial charge in [0.2, 0.25) is 11.9 Å². The standard InChI is InChI=1S/C21H28N6O/c28-20(25-15-17-4-1-8-22-14-17)18-5-2-11-27(16-18)19-6-12-26(13-7-19)21-23-9-3-10-24-21/h1,3-4,8-10,14,18-19H,2,5-7,11-13,15-16H2,(H,25,28). The summed E-state index contributed by atoms with van der Waals surface area (Å²) in [5.74, 6) is 1.08. The lowest BCUT2D eigenvalue weighted by Gasteiger charge is -2.42. The molecule has 2 aliphatic heterocycles. The van der Waals surface area contributed by atoms with E-state index in [0.717, 1.165) is 63.4 Å². The van der Waals surface area contributed by atoms with E-state index in [9.17, 15) is 4.79 Å². The molecule has 2 aliphatic rings. The van der Waals surface area contributed by atoms with Gasteiger partial charge in [0.15, 0.2) is 0 Å². The number of piperidine rings is 2. The van der Waals surface area contributed by atoms with Crippen LogP contribution in [0.1, 0.15) is 31.2 Å². The minimum atomic E-state index is 0.0842. The lowest BCUT2D eigenvalue weighted by molar-refractivity contribution is -0.127. The average molecular weight is 380 g/mol. The first-order valence-electron chi connectivity index (χ1n) is 10.2. The van der Waals surface area contributed by atoms with Gasteiger partial charge in [0.05, 0.1) is 5.92 Å². The van der Waals surface area contributed by atoms with Crippen LogP contribution >= 0.6 is 0 Å². The van der Waals surface area contributed by atoms with Crippen LogP contribution in [-0.2, 0) is 11.3 Å². The third-order valence-corrected chi connectivity index (χ3v) is 5.83. The molecule has 28 heavy (non-hydrogen) atoms. The number of pyridine rings is 1. The Morgan fingerprint density at radius 3 is 2.64 bits per heavy atom. The van der Waals surface area contributed by atoms with E-state index < -0.39 is 0 Å². The molecule has 1 atom stereocenters. The van der Waals surface area contributed by atoms with Gasteiger partial charge in [-0.1, -0.05) is 6.07 Å². The summed E-state index contributed by atoms with van der Waals surface area (Å²) in [5.41, 5.74) is 1.04. The number of nitrogens with zero attached hydrogens (tertiary/aromatic N) is 5. The summed E-state index contributed by atoms with van der Waals surface area (Å²) in [6.07, 6.45) is 11.4. The molecule has 4 heterocycles. The molecule has 2 aromatic heterocycles. The summed E-state index contributed by atoms with van der Waals surface area (Å²) in [4.78, 5) is 30.3. The van der Waals surface area contributed by atoms with E-state index in [2.05, 4.69) is 30.1 Å². The summed E-state index contributed by atoms with van der Waals surface area (Å²) >= 11 is 0. The van der Waals surface area contributed by atoms with Crippen molar-refractivity contribution in [2.75, 3.05) is 31.1 Å². The summed E-state index contributed by atoms with van der Waals surface area (Å²) in [5, 5.41) is 3.09. The number of nitrogens with one attached hydrogen (secondary N) is 1. The summed E-state index contributed by atoms with van der Waals surface area (Å²) in [6.45, 7) is 4.47. The van der Waals surface area contributed by atoms with Crippen LogP contribution in [0.2, 0.25) is 0 Å². The van der Waals surface area contributed by atoms with Gasteiger partial charge in [0.25, 0.3) is 0 Å².